The molecule has 0 aromatic carbocycles. The van der Waals surface area contributed by atoms with Crippen LogP contribution in [0.5, 0.6) is 5.75 Å². The van der Waals surface area contributed by atoms with Gasteiger partial charge in [0.05, 0.1) is 41.7 Å². The Balaban J connectivity index is 1.60. The molecule has 1 fully saturated rings. The summed E-state index contributed by atoms with van der Waals surface area (Å²) in [5.74, 6) is 0.422. The molecule has 0 atom stereocenters. The lowest BCUT2D eigenvalue weighted by Crippen LogP contribution is -2.32. The number of hydrogen-bond donors (Lipinski definition) is 0. The van der Waals surface area contributed by atoms with Crippen molar-refractivity contribution in [3.8, 4) is 5.75 Å². The summed E-state index contributed by atoms with van der Waals surface area (Å²) in [5, 5.41) is 4.80. The van der Waals surface area contributed by atoms with Crippen molar-refractivity contribution in [1.29, 1.82) is 0 Å². The third kappa shape index (κ3) is 3.27. The van der Waals surface area contributed by atoms with Gasteiger partial charge in [-0.05, 0) is 42.9 Å². The number of aromatic nitrogens is 3. The molecular weight excluding hydrogens is 354 g/mol. The minimum atomic E-state index is 0.304. The lowest BCUT2D eigenvalue weighted by molar-refractivity contribution is -0.0290. The number of carbonyl (C=O) groups excluding carboxylic acids is 1. The van der Waals surface area contributed by atoms with Gasteiger partial charge in [-0.3, -0.25) is 14.5 Å². The van der Waals surface area contributed by atoms with Gasteiger partial charge in [-0.2, -0.15) is 5.10 Å². The van der Waals surface area contributed by atoms with Crippen LogP contribution >= 0.6 is 11.6 Å². The van der Waals surface area contributed by atoms with Crippen LogP contribution in [0.3, 0.4) is 0 Å². The fourth-order valence-corrected chi connectivity index (χ4v) is 3.66. The van der Waals surface area contributed by atoms with Crippen LogP contribution in [0.1, 0.15) is 47.8 Å². The first-order valence-corrected chi connectivity index (χ1v) is 9.19. The molecular formula is C19H20ClN3O3. The molecule has 0 saturated carbocycles. The zero-order valence-corrected chi connectivity index (χ0v) is 15.1. The number of pyridine rings is 1. The van der Waals surface area contributed by atoms with Crippen LogP contribution in [0.15, 0.2) is 30.2 Å². The van der Waals surface area contributed by atoms with Crippen molar-refractivity contribution in [1.82, 2.24) is 14.8 Å². The van der Waals surface area contributed by atoms with Crippen molar-refractivity contribution in [2.45, 2.75) is 31.7 Å². The van der Waals surface area contributed by atoms with Crippen LogP contribution in [0.2, 0.25) is 5.02 Å². The third-order valence-corrected chi connectivity index (χ3v) is 5.25. The number of rotatable bonds is 6. The van der Waals surface area contributed by atoms with Crippen molar-refractivity contribution in [3.63, 3.8) is 0 Å². The highest BCUT2D eigenvalue weighted by atomic mass is 35.5. The van der Waals surface area contributed by atoms with Crippen LogP contribution in [0, 0.1) is 0 Å². The Kier molecular flexibility index (Phi) is 5.04. The third-order valence-electron chi connectivity index (χ3n) is 4.95. The molecule has 0 spiro atoms. The fourth-order valence-electron chi connectivity index (χ4n) is 3.47. The molecule has 0 N–H and O–H groups in total. The Morgan fingerprint density at radius 1 is 1.31 bits per heavy atom. The summed E-state index contributed by atoms with van der Waals surface area (Å²) in [6.07, 6.45) is 9.82. The van der Waals surface area contributed by atoms with Crippen LogP contribution in [-0.4, -0.2) is 40.9 Å². The van der Waals surface area contributed by atoms with Crippen molar-refractivity contribution in [2.75, 3.05) is 19.8 Å². The fraction of sp³-hybridized carbons (Fsp3) is 0.421. The van der Waals surface area contributed by atoms with Crippen molar-refractivity contribution < 1.29 is 14.3 Å². The molecule has 2 aromatic rings. The van der Waals surface area contributed by atoms with Gasteiger partial charge in [0.1, 0.15) is 12.4 Å². The van der Waals surface area contributed by atoms with E-state index in [4.69, 9.17) is 21.1 Å². The van der Waals surface area contributed by atoms with Gasteiger partial charge in [0, 0.05) is 12.4 Å². The number of hydrogen-bond acceptors (Lipinski definition) is 5. The molecule has 136 valence electrons. The summed E-state index contributed by atoms with van der Waals surface area (Å²) < 4.78 is 13.3. The van der Waals surface area contributed by atoms with E-state index in [-0.39, 0.29) is 0 Å². The Bertz CT molecular complexity index is 842. The molecule has 0 bridgehead atoms. The van der Waals surface area contributed by atoms with Crippen molar-refractivity contribution in [3.05, 3.63) is 46.5 Å². The van der Waals surface area contributed by atoms with Gasteiger partial charge in [0.15, 0.2) is 6.29 Å². The smallest absolute Gasteiger partial charge is 0.155 e. The van der Waals surface area contributed by atoms with E-state index < -0.39 is 0 Å². The molecule has 26 heavy (non-hydrogen) atoms. The molecule has 3 heterocycles. The Morgan fingerprint density at radius 3 is 2.92 bits per heavy atom. The molecule has 0 amide bonds. The normalized spacial score (nSPS) is 17.9. The lowest BCUT2D eigenvalue weighted by Gasteiger charge is -2.29. The molecule has 2 aliphatic rings. The van der Waals surface area contributed by atoms with Gasteiger partial charge < -0.3 is 9.47 Å². The lowest BCUT2D eigenvalue weighted by atomic mass is 9.90. The van der Waals surface area contributed by atoms with Gasteiger partial charge in [-0.25, -0.2) is 0 Å². The second-order valence-corrected chi connectivity index (χ2v) is 6.99. The van der Waals surface area contributed by atoms with E-state index in [1.54, 1.807) is 0 Å². The SMILES string of the molecule is O=Cc1c(Cl)cncc1OCC1=C(c2ccnn2C2COC2)CCCC1. The number of ether oxygens (including phenoxy) is 2. The first-order chi connectivity index (χ1) is 12.8. The molecule has 0 radical (unpaired) electrons. The predicted octanol–water partition coefficient (Wildman–Crippen LogP) is 3.72. The second-order valence-electron chi connectivity index (χ2n) is 6.58. The quantitative estimate of drug-likeness (QED) is 0.722. The average Bonchev–Trinajstić information content (AvgIpc) is 3.07. The summed E-state index contributed by atoms with van der Waals surface area (Å²) in [7, 11) is 0. The topological polar surface area (TPSA) is 66.2 Å². The Labute approximate surface area is 156 Å². The van der Waals surface area contributed by atoms with Crippen LogP contribution in [-0.2, 0) is 4.74 Å². The number of allylic oxidation sites excluding steroid dienone is 1. The zero-order chi connectivity index (χ0) is 17.9. The molecule has 6 nitrogen and oxygen atoms in total. The number of halogens is 1. The largest absolute Gasteiger partial charge is 0.487 e. The van der Waals surface area contributed by atoms with Gasteiger partial charge in [0.25, 0.3) is 0 Å². The van der Waals surface area contributed by atoms with E-state index in [0.717, 1.165) is 31.4 Å². The molecule has 1 aliphatic heterocycles. The molecule has 1 saturated heterocycles. The minimum absolute atomic E-state index is 0.304. The highest BCUT2D eigenvalue weighted by Crippen LogP contribution is 2.35. The van der Waals surface area contributed by atoms with E-state index in [1.165, 1.54) is 23.5 Å². The first-order valence-electron chi connectivity index (χ1n) is 8.82. The average molecular weight is 374 g/mol. The maximum Gasteiger partial charge on any atom is 0.155 e. The van der Waals surface area contributed by atoms with Gasteiger partial charge >= 0.3 is 0 Å². The first kappa shape index (κ1) is 17.2. The molecule has 0 unspecified atom stereocenters. The zero-order valence-electron chi connectivity index (χ0n) is 14.4. The van der Waals surface area contributed by atoms with E-state index in [2.05, 4.69) is 20.8 Å². The number of aldehydes is 1. The maximum absolute atomic E-state index is 11.3. The van der Waals surface area contributed by atoms with Crippen LogP contribution in [0.25, 0.3) is 5.57 Å². The summed E-state index contributed by atoms with van der Waals surface area (Å²) in [4.78, 5) is 15.3. The predicted molar refractivity (Wildman–Crippen MR) is 97.6 cm³/mol. The Hall–Kier alpha value is -2.18. The second kappa shape index (κ2) is 7.60. The van der Waals surface area contributed by atoms with E-state index in [0.29, 0.717) is 48.5 Å². The highest BCUT2D eigenvalue weighted by molar-refractivity contribution is 6.33. The van der Waals surface area contributed by atoms with Crippen molar-refractivity contribution in [2.24, 2.45) is 0 Å². The molecule has 2 aromatic heterocycles. The summed E-state index contributed by atoms with van der Waals surface area (Å²) >= 11 is 6.03. The maximum atomic E-state index is 11.3. The van der Waals surface area contributed by atoms with Gasteiger partial charge in [0.2, 0.25) is 0 Å². The molecule has 1 aliphatic carbocycles. The van der Waals surface area contributed by atoms with Gasteiger partial charge in [-0.1, -0.05) is 11.6 Å². The van der Waals surface area contributed by atoms with Crippen LogP contribution in [0.4, 0.5) is 0 Å². The van der Waals surface area contributed by atoms with E-state index in [1.807, 2.05) is 6.20 Å². The van der Waals surface area contributed by atoms with Gasteiger partial charge in [-0.15, -0.1) is 0 Å². The Morgan fingerprint density at radius 2 is 2.15 bits per heavy atom. The summed E-state index contributed by atoms with van der Waals surface area (Å²) in [6, 6.07) is 2.38. The summed E-state index contributed by atoms with van der Waals surface area (Å²) in [5.41, 5.74) is 4.03. The van der Waals surface area contributed by atoms with Crippen LogP contribution < -0.4 is 4.74 Å². The summed E-state index contributed by atoms with van der Waals surface area (Å²) in [6.45, 7) is 1.85. The number of carbonyl (C=O) groups is 1. The minimum Gasteiger partial charge on any atom is -0.487 e. The molecule has 7 heteroatoms. The number of nitrogens with zero attached hydrogens (tertiary/aromatic N) is 3. The van der Waals surface area contributed by atoms with E-state index in [9.17, 15) is 4.79 Å². The van der Waals surface area contributed by atoms with Crippen molar-refractivity contribution >= 4 is 23.5 Å². The standard InChI is InChI=1S/C19H20ClN3O3/c20-17-7-21-8-19(16(17)9-24)26-10-13-3-1-2-4-15(13)18-5-6-22-23(18)14-11-25-12-14/h5-9,14H,1-4,10-12H2. The monoisotopic (exact) mass is 373 g/mol. The molecule has 4 rings (SSSR count). The highest BCUT2D eigenvalue weighted by Gasteiger charge is 2.26. The van der Waals surface area contributed by atoms with E-state index >= 15 is 0 Å².